The van der Waals surface area contributed by atoms with Crippen molar-refractivity contribution in [2.75, 3.05) is 26.8 Å². The van der Waals surface area contributed by atoms with Crippen molar-refractivity contribution in [1.29, 1.82) is 0 Å². The number of carbonyl (C=O) groups is 2. The van der Waals surface area contributed by atoms with Gasteiger partial charge in [-0.1, -0.05) is 0 Å². The van der Waals surface area contributed by atoms with E-state index >= 15 is 0 Å². The molecule has 1 fully saturated rings. The zero-order chi connectivity index (χ0) is 15.4. The third kappa shape index (κ3) is 3.26. The van der Waals surface area contributed by atoms with Gasteiger partial charge in [0, 0.05) is 18.7 Å². The number of carbonyl (C=O) groups excluding carboxylic acids is 1. The predicted molar refractivity (Wildman–Crippen MR) is 75.8 cm³/mol. The lowest BCUT2D eigenvalue weighted by Gasteiger charge is -2.17. The van der Waals surface area contributed by atoms with Crippen LogP contribution in [0.25, 0.3) is 0 Å². The van der Waals surface area contributed by atoms with E-state index in [2.05, 4.69) is 0 Å². The molecule has 0 unspecified atom stereocenters. The molecule has 1 amide bonds. The number of carboxylic acid groups (broad SMARTS) is 1. The molecule has 0 radical (unpaired) electrons. The lowest BCUT2D eigenvalue weighted by atomic mass is 10.1. The van der Waals surface area contributed by atoms with E-state index in [0.717, 1.165) is 0 Å². The molecular weight excluding hydrogens is 274 g/mol. The van der Waals surface area contributed by atoms with E-state index in [1.807, 2.05) is 6.92 Å². The number of nitrogens with zero attached hydrogens (tertiary/aromatic N) is 1. The van der Waals surface area contributed by atoms with Crippen LogP contribution in [0, 0.1) is 5.92 Å². The fraction of sp³-hybridized carbons (Fsp3) is 0.467. The van der Waals surface area contributed by atoms with Crippen LogP contribution in [0.2, 0.25) is 0 Å². The van der Waals surface area contributed by atoms with Gasteiger partial charge in [0.1, 0.15) is 0 Å². The monoisotopic (exact) mass is 293 g/mol. The molecule has 0 spiro atoms. The topological polar surface area (TPSA) is 76.1 Å². The molecule has 6 nitrogen and oxygen atoms in total. The molecule has 1 aromatic rings. The first-order valence-electron chi connectivity index (χ1n) is 6.89. The first kappa shape index (κ1) is 15.2. The maximum absolute atomic E-state index is 12.4. The van der Waals surface area contributed by atoms with Gasteiger partial charge in [0.2, 0.25) is 0 Å². The van der Waals surface area contributed by atoms with Crippen LogP contribution in [0.1, 0.15) is 23.7 Å². The molecule has 2 rings (SSSR count). The number of likely N-dealkylation sites (tertiary alicyclic amines) is 1. The summed E-state index contributed by atoms with van der Waals surface area (Å²) in [6, 6.07) is 4.99. The third-order valence-corrected chi connectivity index (χ3v) is 3.54. The number of hydrogen-bond donors (Lipinski definition) is 1. The molecule has 1 aromatic carbocycles. The van der Waals surface area contributed by atoms with Crippen molar-refractivity contribution in [2.45, 2.75) is 13.3 Å². The van der Waals surface area contributed by atoms with Crippen LogP contribution in [-0.4, -0.2) is 48.7 Å². The van der Waals surface area contributed by atoms with Crippen LogP contribution in [0.4, 0.5) is 0 Å². The van der Waals surface area contributed by atoms with Gasteiger partial charge in [-0.05, 0) is 31.5 Å². The number of amides is 1. The molecule has 1 aliphatic rings. The van der Waals surface area contributed by atoms with Crippen LogP contribution in [0.3, 0.4) is 0 Å². The van der Waals surface area contributed by atoms with Crippen LogP contribution < -0.4 is 9.47 Å². The fourth-order valence-electron chi connectivity index (χ4n) is 2.41. The second-order valence-corrected chi connectivity index (χ2v) is 4.87. The summed E-state index contributed by atoms with van der Waals surface area (Å²) in [5.74, 6) is -0.422. The van der Waals surface area contributed by atoms with Gasteiger partial charge in [0.15, 0.2) is 11.5 Å². The quantitative estimate of drug-likeness (QED) is 0.893. The predicted octanol–water partition coefficient (Wildman–Crippen LogP) is 1.64. The van der Waals surface area contributed by atoms with Gasteiger partial charge in [-0.3, -0.25) is 9.59 Å². The number of benzene rings is 1. The highest BCUT2D eigenvalue weighted by atomic mass is 16.5. The zero-order valence-corrected chi connectivity index (χ0v) is 12.2. The van der Waals surface area contributed by atoms with Gasteiger partial charge in [0.05, 0.1) is 19.6 Å². The lowest BCUT2D eigenvalue weighted by molar-refractivity contribution is -0.141. The summed E-state index contributed by atoms with van der Waals surface area (Å²) < 4.78 is 10.6. The first-order chi connectivity index (χ1) is 10.1. The molecule has 1 atom stereocenters. The Labute approximate surface area is 123 Å². The fourth-order valence-corrected chi connectivity index (χ4v) is 2.41. The van der Waals surface area contributed by atoms with Crippen LogP contribution in [-0.2, 0) is 4.79 Å². The Morgan fingerprint density at radius 1 is 1.38 bits per heavy atom. The van der Waals surface area contributed by atoms with Crippen molar-refractivity contribution in [3.8, 4) is 11.5 Å². The Hall–Kier alpha value is -2.24. The molecule has 21 heavy (non-hydrogen) atoms. The van der Waals surface area contributed by atoms with Gasteiger partial charge in [-0.15, -0.1) is 0 Å². The summed E-state index contributed by atoms with van der Waals surface area (Å²) in [4.78, 5) is 24.9. The first-order valence-corrected chi connectivity index (χ1v) is 6.89. The maximum atomic E-state index is 12.4. The number of hydrogen-bond acceptors (Lipinski definition) is 4. The number of aliphatic carboxylic acids is 1. The summed E-state index contributed by atoms with van der Waals surface area (Å²) in [5.41, 5.74) is 0.477. The van der Waals surface area contributed by atoms with Crippen molar-refractivity contribution in [3.63, 3.8) is 0 Å². The zero-order valence-electron chi connectivity index (χ0n) is 12.2. The van der Waals surface area contributed by atoms with Crippen molar-refractivity contribution in [3.05, 3.63) is 23.8 Å². The van der Waals surface area contributed by atoms with Crippen LogP contribution in [0.5, 0.6) is 11.5 Å². The van der Waals surface area contributed by atoms with Gasteiger partial charge < -0.3 is 19.5 Å². The molecule has 0 aliphatic carbocycles. The molecule has 1 N–H and O–H groups in total. The molecule has 1 heterocycles. The largest absolute Gasteiger partial charge is 0.493 e. The van der Waals surface area contributed by atoms with Gasteiger partial charge in [0.25, 0.3) is 5.91 Å². The number of carboxylic acids is 1. The second kappa shape index (κ2) is 6.47. The third-order valence-electron chi connectivity index (χ3n) is 3.54. The van der Waals surface area contributed by atoms with Gasteiger partial charge in [-0.25, -0.2) is 0 Å². The molecule has 0 bridgehead atoms. The maximum Gasteiger partial charge on any atom is 0.308 e. The molecule has 1 saturated heterocycles. The Balaban J connectivity index is 2.16. The van der Waals surface area contributed by atoms with Crippen molar-refractivity contribution < 1.29 is 24.2 Å². The van der Waals surface area contributed by atoms with Crippen LogP contribution in [0.15, 0.2) is 18.2 Å². The van der Waals surface area contributed by atoms with Crippen molar-refractivity contribution in [1.82, 2.24) is 4.90 Å². The van der Waals surface area contributed by atoms with E-state index in [-0.39, 0.29) is 12.5 Å². The van der Waals surface area contributed by atoms with E-state index in [1.54, 1.807) is 23.1 Å². The Kier molecular flexibility index (Phi) is 4.67. The molecule has 0 aromatic heterocycles. The lowest BCUT2D eigenvalue weighted by Crippen LogP contribution is -2.29. The average molecular weight is 293 g/mol. The summed E-state index contributed by atoms with van der Waals surface area (Å²) >= 11 is 0. The molecule has 1 aliphatic heterocycles. The number of ether oxygens (including phenoxy) is 2. The molecular formula is C15H19NO5. The number of methoxy groups -OCH3 is 1. The molecule has 114 valence electrons. The Morgan fingerprint density at radius 2 is 2.14 bits per heavy atom. The Bertz CT molecular complexity index is 543. The SMILES string of the molecule is CCOc1cc(C(=O)N2CC[C@H](C(=O)O)C2)ccc1OC. The Morgan fingerprint density at radius 3 is 2.71 bits per heavy atom. The normalized spacial score (nSPS) is 17.6. The molecule has 0 saturated carbocycles. The van der Waals surface area contributed by atoms with E-state index in [0.29, 0.717) is 36.6 Å². The van der Waals surface area contributed by atoms with Crippen molar-refractivity contribution >= 4 is 11.9 Å². The summed E-state index contributed by atoms with van der Waals surface area (Å²) in [6.45, 7) is 3.04. The average Bonchev–Trinajstić information content (AvgIpc) is 2.97. The van der Waals surface area contributed by atoms with Crippen molar-refractivity contribution in [2.24, 2.45) is 5.92 Å². The molecule has 6 heteroatoms. The standard InChI is InChI=1S/C15H19NO5/c1-3-21-13-8-10(4-5-12(13)20-2)14(17)16-7-6-11(9-16)15(18)19/h4-5,8,11H,3,6-7,9H2,1-2H3,(H,18,19)/t11-/m0/s1. The highest BCUT2D eigenvalue weighted by Gasteiger charge is 2.31. The van der Waals surface area contributed by atoms with E-state index in [1.165, 1.54) is 7.11 Å². The highest BCUT2D eigenvalue weighted by molar-refractivity contribution is 5.95. The van der Waals surface area contributed by atoms with E-state index < -0.39 is 11.9 Å². The smallest absolute Gasteiger partial charge is 0.308 e. The number of rotatable bonds is 5. The highest BCUT2D eigenvalue weighted by Crippen LogP contribution is 2.29. The summed E-state index contributed by atoms with van der Waals surface area (Å²) in [5, 5.41) is 8.99. The van der Waals surface area contributed by atoms with E-state index in [9.17, 15) is 9.59 Å². The minimum absolute atomic E-state index is 0.178. The summed E-state index contributed by atoms with van der Waals surface area (Å²) in [7, 11) is 1.54. The second-order valence-electron chi connectivity index (χ2n) is 4.87. The minimum Gasteiger partial charge on any atom is -0.493 e. The summed E-state index contributed by atoms with van der Waals surface area (Å²) in [6.07, 6.45) is 0.496. The van der Waals surface area contributed by atoms with Gasteiger partial charge >= 0.3 is 5.97 Å². The van der Waals surface area contributed by atoms with Gasteiger partial charge in [-0.2, -0.15) is 0 Å². The minimum atomic E-state index is -0.852. The van der Waals surface area contributed by atoms with E-state index in [4.69, 9.17) is 14.6 Å². The van der Waals surface area contributed by atoms with Crippen LogP contribution >= 0.6 is 0 Å².